The van der Waals surface area contributed by atoms with Crippen LogP contribution >= 0.6 is 0 Å². The Morgan fingerprint density at radius 1 is 1.64 bits per heavy atom. The average Bonchev–Trinajstić information content (AvgIpc) is 2.36. The van der Waals surface area contributed by atoms with Gasteiger partial charge >= 0.3 is 0 Å². The van der Waals surface area contributed by atoms with Gasteiger partial charge in [-0.05, 0) is 19.4 Å². The minimum atomic E-state index is 0.148. The zero-order valence-electron chi connectivity index (χ0n) is 6.98. The number of rotatable bonds is 3. The number of Topliss-reactive ketones (excluding diaryl/α,β-unsaturated/α-hetero) is 1. The molecule has 11 heavy (non-hydrogen) atoms. The highest BCUT2D eigenvalue weighted by molar-refractivity contribution is 5.95. The van der Waals surface area contributed by atoms with Gasteiger partial charge in [0.25, 0.3) is 0 Å². The van der Waals surface area contributed by atoms with E-state index in [4.69, 9.17) is 0 Å². The molecule has 0 bridgehead atoms. The fourth-order valence-electron chi connectivity index (χ4n) is 1.19. The van der Waals surface area contributed by atoms with Gasteiger partial charge < -0.3 is 4.98 Å². The molecule has 1 N–H and O–H groups in total. The molecule has 0 aliphatic carbocycles. The van der Waals surface area contributed by atoms with Crippen molar-refractivity contribution in [2.45, 2.75) is 26.7 Å². The number of aryl methyl sites for hydroxylation is 1. The summed E-state index contributed by atoms with van der Waals surface area (Å²) in [6, 6.07) is 1.84. The second-order valence-electron chi connectivity index (χ2n) is 2.68. The van der Waals surface area contributed by atoms with Crippen LogP contribution in [-0.2, 0) is 6.42 Å². The van der Waals surface area contributed by atoms with Crippen LogP contribution in [-0.4, -0.2) is 10.8 Å². The molecule has 0 atom stereocenters. The van der Waals surface area contributed by atoms with Crippen LogP contribution in [0.4, 0.5) is 0 Å². The topological polar surface area (TPSA) is 32.9 Å². The van der Waals surface area contributed by atoms with E-state index in [0.29, 0.717) is 0 Å². The Kier molecular flexibility index (Phi) is 2.47. The maximum absolute atomic E-state index is 11.0. The lowest BCUT2D eigenvalue weighted by Crippen LogP contribution is -1.96. The van der Waals surface area contributed by atoms with Gasteiger partial charge in [0.05, 0.1) is 0 Å². The SMILES string of the molecule is CCCc1[nH]ccc1C(C)=O. The first-order valence-electron chi connectivity index (χ1n) is 3.93. The molecule has 0 spiro atoms. The van der Waals surface area contributed by atoms with E-state index in [9.17, 15) is 4.79 Å². The predicted octanol–water partition coefficient (Wildman–Crippen LogP) is 2.17. The van der Waals surface area contributed by atoms with Crippen molar-refractivity contribution in [3.05, 3.63) is 23.5 Å². The zero-order valence-corrected chi connectivity index (χ0v) is 6.98. The number of carbonyl (C=O) groups excluding carboxylic acids is 1. The smallest absolute Gasteiger partial charge is 0.161 e. The number of hydrogen-bond donors (Lipinski definition) is 1. The van der Waals surface area contributed by atoms with Gasteiger partial charge in [-0.3, -0.25) is 4.79 Å². The third-order valence-electron chi connectivity index (χ3n) is 1.71. The summed E-state index contributed by atoms with van der Waals surface area (Å²) in [4.78, 5) is 14.0. The van der Waals surface area contributed by atoms with Crippen molar-refractivity contribution >= 4 is 5.78 Å². The molecule has 0 radical (unpaired) electrons. The molecule has 0 aromatic carbocycles. The molecule has 2 heteroatoms. The highest BCUT2D eigenvalue weighted by Gasteiger charge is 2.05. The Morgan fingerprint density at radius 2 is 2.36 bits per heavy atom. The largest absolute Gasteiger partial charge is 0.364 e. The lowest BCUT2D eigenvalue weighted by atomic mass is 10.1. The molecule has 0 unspecified atom stereocenters. The number of ketones is 1. The molecule has 0 saturated heterocycles. The molecule has 1 aromatic heterocycles. The minimum Gasteiger partial charge on any atom is -0.364 e. The maximum Gasteiger partial charge on any atom is 0.161 e. The van der Waals surface area contributed by atoms with Gasteiger partial charge in [0.2, 0.25) is 0 Å². The first-order chi connectivity index (χ1) is 5.25. The summed E-state index contributed by atoms with van der Waals surface area (Å²) >= 11 is 0. The van der Waals surface area contributed by atoms with E-state index in [0.717, 1.165) is 24.1 Å². The van der Waals surface area contributed by atoms with E-state index in [2.05, 4.69) is 11.9 Å². The van der Waals surface area contributed by atoms with E-state index >= 15 is 0 Å². The maximum atomic E-state index is 11.0. The van der Waals surface area contributed by atoms with Gasteiger partial charge in [0, 0.05) is 17.5 Å². The zero-order chi connectivity index (χ0) is 8.27. The minimum absolute atomic E-state index is 0.148. The molecule has 1 aromatic rings. The summed E-state index contributed by atoms with van der Waals surface area (Å²) in [5, 5.41) is 0. The van der Waals surface area contributed by atoms with Crippen LogP contribution in [0.1, 0.15) is 36.3 Å². The Labute approximate surface area is 66.6 Å². The number of aromatic nitrogens is 1. The van der Waals surface area contributed by atoms with Gasteiger partial charge in [-0.15, -0.1) is 0 Å². The van der Waals surface area contributed by atoms with Gasteiger partial charge in [0.15, 0.2) is 5.78 Å². The second kappa shape index (κ2) is 3.37. The van der Waals surface area contributed by atoms with Gasteiger partial charge in [-0.2, -0.15) is 0 Å². The summed E-state index contributed by atoms with van der Waals surface area (Å²) < 4.78 is 0. The molecule has 1 rings (SSSR count). The third kappa shape index (κ3) is 1.70. The van der Waals surface area contributed by atoms with Crippen molar-refractivity contribution in [3.8, 4) is 0 Å². The van der Waals surface area contributed by atoms with Crippen LogP contribution in [0.25, 0.3) is 0 Å². The Morgan fingerprint density at radius 3 is 2.91 bits per heavy atom. The standard InChI is InChI=1S/C9H13NO/c1-3-4-9-8(7(2)11)5-6-10-9/h5-6,10H,3-4H2,1-2H3. The lowest BCUT2D eigenvalue weighted by molar-refractivity contribution is 0.101. The number of aromatic amines is 1. The summed E-state index contributed by atoms with van der Waals surface area (Å²) in [5.74, 6) is 0.148. The van der Waals surface area contributed by atoms with Crippen LogP contribution < -0.4 is 0 Å². The van der Waals surface area contributed by atoms with Crippen LogP contribution in [0.2, 0.25) is 0 Å². The summed E-state index contributed by atoms with van der Waals surface area (Å²) in [5.41, 5.74) is 1.91. The first-order valence-corrected chi connectivity index (χ1v) is 3.93. The number of hydrogen-bond acceptors (Lipinski definition) is 1. The predicted molar refractivity (Wildman–Crippen MR) is 44.8 cm³/mol. The highest BCUT2D eigenvalue weighted by Crippen LogP contribution is 2.09. The molecule has 2 nitrogen and oxygen atoms in total. The summed E-state index contributed by atoms with van der Waals surface area (Å²) in [6.07, 6.45) is 3.85. The number of carbonyl (C=O) groups is 1. The fraction of sp³-hybridized carbons (Fsp3) is 0.444. The molecule has 60 valence electrons. The molecule has 1 heterocycles. The number of nitrogens with one attached hydrogen (secondary N) is 1. The monoisotopic (exact) mass is 151 g/mol. The Bertz CT molecular complexity index is 250. The van der Waals surface area contributed by atoms with Crippen molar-refractivity contribution in [1.82, 2.24) is 4.98 Å². The number of H-pyrrole nitrogens is 1. The Balaban J connectivity index is 2.87. The van der Waals surface area contributed by atoms with Gasteiger partial charge in [-0.25, -0.2) is 0 Å². The summed E-state index contributed by atoms with van der Waals surface area (Å²) in [7, 11) is 0. The van der Waals surface area contributed by atoms with Gasteiger partial charge in [-0.1, -0.05) is 13.3 Å². The third-order valence-corrected chi connectivity index (χ3v) is 1.71. The quantitative estimate of drug-likeness (QED) is 0.660. The van der Waals surface area contributed by atoms with Crippen molar-refractivity contribution < 1.29 is 4.79 Å². The van der Waals surface area contributed by atoms with Crippen molar-refractivity contribution in [2.24, 2.45) is 0 Å². The van der Waals surface area contributed by atoms with Crippen molar-refractivity contribution in [2.75, 3.05) is 0 Å². The average molecular weight is 151 g/mol. The van der Waals surface area contributed by atoms with Crippen LogP contribution in [0, 0.1) is 0 Å². The molecule has 0 aliphatic heterocycles. The molecule has 0 aliphatic rings. The van der Waals surface area contributed by atoms with Gasteiger partial charge in [0.1, 0.15) is 0 Å². The van der Waals surface area contributed by atoms with Crippen LogP contribution in [0.3, 0.4) is 0 Å². The Hall–Kier alpha value is -1.05. The van der Waals surface area contributed by atoms with Crippen molar-refractivity contribution in [1.29, 1.82) is 0 Å². The summed E-state index contributed by atoms with van der Waals surface area (Å²) in [6.45, 7) is 3.70. The second-order valence-corrected chi connectivity index (χ2v) is 2.68. The van der Waals surface area contributed by atoms with Crippen LogP contribution in [0.15, 0.2) is 12.3 Å². The van der Waals surface area contributed by atoms with Crippen molar-refractivity contribution in [3.63, 3.8) is 0 Å². The first kappa shape index (κ1) is 8.05. The van der Waals surface area contributed by atoms with Crippen LogP contribution in [0.5, 0.6) is 0 Å². The van der Waals surface area contributed by atoms with E-state index in [1.807, 2.05) is 12.3 Å². The molecule has 0 amide bonds. The normalized spacial score (nSPS) is 10.0. The lowest BCUT2D eigenvalue weighted by Gasteiger charge is -1.96. The molecular formula is C9H13NO. The molecular weight excluding hydrogens is 138 g/mol. The highest BCUT2D eigenvalue weighted by atomic mass is 16.1. The molecule has 0 fully saturated rings. The van der Waals surface area contributed by atoms with E-state index in [1.165, 1.54) is 0 Å². The van der Waals surface area contributed by atoms with E-state index in [1.54, 1.807) is 6.92 Å². The van der Waals surface area contributed by atoms with E-state index in [-0.39, 0.29) is 5.78 Å². The fourth-order valence-corrected chi connectivity index (χ4v) is 1.19. The van der Waals surface area contributed by atoms with E-state index < -0.39 is 0 Å². The molecule has 0 saturated carbocycles.